The topological polar surface area (TPSA) is 38.7 Å². The van der Waals surface area contributed by atoms with Crippen LogP contribution in [0.15, 0.2) is 55.1 Å². The van der Waals surface area contributed by atoms with E-state index in [1.54, 1.807) is 20.1 Å². The Labute approximate surface area is 131 Å². The minimum absolute atomic E-state index is 0.449. The fourth-order valence-corrected chi connectivity index (χ4v) is 2.42. The van der Waals surface area contributed by atoms with Gasteiger partial charge in [0.1, 0.15) is 6.61 Å². The number of allylic oxidation sites excluding steroid dienone is 1. The van der Waals surface area contributed by atoms with E-state index in [2.05, 4.69) is 6.58 Å². The van der Waals surface area contributed by atoms with Crippen molar-refractivity contribution in [3.63, 3.8) is 0 Å². The van der Waals surface area contributed by atoms with Crippen LogP contribution in [0.1, 0.15) is 29.7 Å². The van der Waals surface area contributed by atoms with Crippen LogP contribution in [-0.4, -0.2) is 12.2 Å². The molecule has 0 aliphatic carbocycles. The van der Waals surface area contributed by atoms with Gasteiger partial charge in [-0.25, -0.2) is 0 Å². The van der Waals surface area contributed by atoms with Crippen LogP contribution in [0.3, 0.4) is 0 Å². The van der Waals surface area contributed by atoms with Crippen LogP contribution in [0.2, 0.25) is 0 Å². The van der Waals surface area contributed by atoms with E-state index in [4.69, 9.17) is 9.47 Å². The summed E-state index contributed by atoms with van der Waals surface area (Å²) in [4.78, 5) is 0. The number of hydrogen-bond acceptors (Lipinski definition) is 3. The van der Waals surface area contributed by atoms with Crippen LogP contribution in [0.5, 0.6) is 11.5 Å². The Bertz CT molecular complexity index is 618. The highest BCUT2D eigenvalue weighted by Gasteiger charge is 2.17. The highest BCUT2D eigenvalue weighted by atomic mass is 16.5. The normalized spacial score (nSPS) is 11.8. The molecule has 0 spiro atoms. The largest absolute Gasteiger partial charge is 0.493 e. The second-order valence-electron chi connectivity index (χ2n) is 5.11. The molecule has 2 aromatic rings. The third-order valence-corrected chi connectivity index (χ3v) is 3.51. The van der Waals surface area contributed by atoms with Crippen molar-refractivity contribution in [1.82, 2.24) is 0 Å². The molecule has 3 nitrogen and oxygen atoms in total. The zero-order valence-electron chi connectivity index (χ0n) is 13.1. The molecule has 3 heteroatoms. The fourth-order valence-electron chi connectivity index (χ4n) is 2.42. The molecule has 22 heavy (non-hydrogen) atoms. The van der Waals surface area contributed by atoms with Crippen molar-refractivity contribution in [2.24, 2.45) is 0 Å². The Balaban J connectivity index is 2.37. The minimum Gasteiger partial charge on any atom is -0.493 e. The molecular formula is C19H22O3. The van der Waals surface area contributed by atoms with Gasteiger partial charge in [0.15, 0.2) is 11.5 Å². The maximum atomic E-state index is 9.97. The van der Waals surface area contributed by atoms with Crippen LogP contribution < -0.4 is 9.47 Å². The average Bonchev–Trinajstić information content (AvgIpc) is 2.54. The molecule has 0 bridgehead atoms. The Morgan fingerprint density at radius 3 is 2.50 bits per heavy atom. The summed E-state index contributed by atoms with van der Waals surface area (Å²) in [7, 11) is 1.62. The van der Waals surface area contributed by atoms with Crippen molar-refractivity contribution in [3.05, 3.63) is 71.8 Å². The van der Waals surface area contributed by atoms with Gasteiger partial charge >= 0.3 is 0 Å². The number of hydrogen-bond donors (Lipinski definition) is 1. The smallest absolute Gasteiger partial charge is 0.165 e. The predicted molar refractivity (Wildman–Crippen MR) is 88.3 cm³/mol. The third-order valence-electron chi connectivity index (χ3n) is 3.51. The Morgan fingerprint density at radius 2 is 1.91 bits per heavy atom. The first-order chi connectivity index (χ1) is 10.7. The van der Waals surface area contributed by atoms with Crippen molar-refractivity contribution in [2.45, 2.75) is 26.1 Å². The zero-order valence-corrected chi connectivity index (χ0v) is 13.1. The van der Waals surface area contributed by atoms with Gasteiger partial charge in [-0.2, -0.15) is 0 Å². The summed E-state index contributed by atoms with van der Waals surface area (Å²) in [6, 6.07) is 13.7. The van der Waals surface area contributed by atoms with Crippen LogP contribution in [0.25, 0.3) is 0 Å². The lowest BCUT2D eigenvalue weighted by molar-refractivity contribution is 0.196. The van der Waals surface area contributed by atoms with Gasteiger partial charge in [0.05, 0.1) is 13.2 Å². The van der Waals surface area contributed by atoms with Crippen LogP contribution in [0.4, 0.5) is 0 Å². The number of benzene rings is 2. The second-order valence-corrected chi connectivity index (χ2v) is 5.11. The maximum absolute atomic E-state index is 9.97. The lowest BCUT2D eigenvalue weighted by Crippen LogP contribution is -2.05. The van der Waals surface area contributed by atoms with Crippen molar-refractivity contribution in [3.8, 4) is 11.5 Å². The lowest BCUT2D eigenvalue weighted by atomic mass is 9.99. The number of rotatable bonds is 7. The van der Waals surface area contributed by atoms with Gasteiger partial charge in [0.25, 0.3) is 0 Å². The first kappa shape index (κ1) is 16.1. The van der Waals surface area contributed by atoms with Crippen molar-refractivity contribution in [2.75, 3.05) is 7.11 Å². The van der Waals surface area contributed by atoms with Crippen molar-refractivity contribution >= 4 is 0 Å². The molecule has 0 aliphatic rings. The molecule has 0 aliphatic heterocycles. The molecule has 0 radical (unpaired) electrons. The van der Waals surface area contributed by atoms with Crippen LogP contribution >= 0.6 is 0 Å². The molecule has 2 rings (SSSR count). The quantitative estimate of drug-likeness (QED) is 0.784. The highest BCUT2D eigenvalue weighted by Crippen LogP contribution is 2.37. The van der Waals surface area contributed by atoms with Crippen molar-refractivity contribution in [1.29, 1.82) is 0 Å². The average molecular weight is 298 g/mol. The summed E-state index contributed by atoms with van der Waals surface area (Å²) < 4.78 is 11.4. The summed E-state index contributed by atoms with van der Waals surface area (Å²) in [6.07, 6.45) is 1.84. The summed E-state index contributed by atoms with van der Waals surface area (Å²) in [5.41, 5.74) is 2.83. The molecule has 0 heterocycles. The summed E-state index contributed by atoms with van der Waals surface area (Å²) >= 11 is 0. The van der Waals surface area contributed by atoms with Gasteiger partial charge in [-0.05, 0) is 30.5 Å². The molecule has 0 aromatic heterocycles. The number of aliphatic hydroxyl groups excluding tert-OH is 1. The lowest BCUT2D eigenvalue weighted by Gasteiger charge is -2.19. The van der Waals surface area contributed by atoms with E-state index < -0.39 is 6.10 Å². The summed E-state index contributed by atoms with van der Waals surface area (Å²) in [5.74, 6) is 1.34. The molecule has 0 unspecified atom stereocenters. The van der Waals surface area contributed by atoms with Gasteiger partial charge < -0.3 is 14.6 Å². The molecular weight excluding hydrogens is 276 g/mol. The zero-order chi connectivity index (χ0) is 15.9. The number of ether oxygens (including phenoxy) is 2. The first-order valence-electron chi connectivity index (χ1n) is 7.32. The highest BCUT2D eigenvalue weighted by molar-refractivity contribution is 5.52. The van der Waals surface area contributed by atoms with E-state index in [-0.39, 0.29) is 0 Å². The molecule has 1 atom stereocenters. The van der Waals surface area contributed by atoms with E-state index in [0.29, 0.717) is 24.5 Å². The SMILES string of the molecule is C=CCc1c([C@@H](C)O)ccc(OC)c1OCc1ccccc1. The summed E-state index contributed by atoms with van der Waals surface area (Å²) in [6.45, 7) is 5.99. The predicted octanol–water partition coefficient (Wildman–Crippen LogP) is 4.06. The van der Waals surface area contributed by atoms with Gasteiger partial charge in [-0.3, -0.25) is 0 Å². The molecule has 116 valence electrons. The second kappa shape index (κ2) is 7.66. The molecule has 0 fully saturated rings. The van der Waals surface area contributed by atoms with E-state index in [9.17, 15) is 5.11 Å². The molecule has 1 N–H and O–H groups in total. The van der Waals surface area contributed by atoms with Gasteiger partial charge in [0, 0.05) is 5.56 Å². The molecule has 0 saturated heterocycles. The number of aliphatic hydroxyl groups is 1. The minimum atomic E-state index is -0.570. The first-order valence-corrected chi connectivity index (χ1v) is 7.32. The maximum Gasteiger partial charge on any atom is 0.165 e. The van der Waals surface area contributed by atoms with Gasteiger partial charge in [-0.15, -0.1) is 6.58 Å². The summed E-state index contributed by atoms with van der Waals surface area (Å²) in [5, 5.41) is 9.97. The van der Waals surface area contributed by atoms with E-state index in [1.165, 1.54) is 0 Å². The Morgan fingerprint density at radius 1 is 1.18 bits per heavy atom. The van der Waals surface area contributed by atoms with E-state index >= 15 is 0 Å². The van der Waals surface area contributed by atoms with E-state index in [1.807, 2.05) is 42.5 Å². The van der Waals surface area contributed by atoms with Crippen LogP contribution in [0, 0.1) is 0 Å². The fraction of sp³-hybridized carbons (Fsp3) is 0.263. The Kier molecular flexibility index (Phi) is 5.61. The number of methoxy groups -OCH3 is 1. The van der Waals surface area contributed by atoms with Crippen molar-refractivity contribution < 1.29 is 14.6 Å². The standard InChI is InChI=1S/C19H22O3/c1-4-8-17-16(14(2)20)11-12-18(21-3)19(17)22-13-15-9-6-5-7-10-15/h4-7,9-12,14,20H,1,8,13H2,2-3H3/t14-/m1/s1. The van der Waals surface area contributed by atoms with Gasteiger partial charge in [-0.1, -0.05) is 42.5 Å². The molecule has 0 saturated carbocycles. The van der Waals surface area contributed by atoms with E-state index in [0.717, 1.165) is 16.7 Å². The van der Waals surface area contributed by atoms with Crippen LogP contribution in [-0.2, 0) is 13.0 Å². The van der Waals surface area contributed by atoms with Gasteiger partial charge in [0.2, 0.25) is 0 Å². The third kappa shape index (κ3) is 3.68. The molecule has 0 amide bonds. The Hall–Kier alpha value is -2.26. The molecule has 2 aromatic carbocycles. The monoisotopic (exact) mass is 298 g/mol.